The molecule has 1 aromatic carbocycles. The molecule has 0 amide bonds. The molecule has 0 atom stereocenters. The summed E-state index contributed by atoms with van der Waals surface area (Å²) in [4.78, 5) is 48.1. The lowest BCUT2D eigenvalue weighted by molar-refractivity contribution is -0.143. The van der Waals surface area contributed by atoms with Crippen LogP contribution < -0.4 is 11.2 Å². The molecule has 0 saturated heterocycles. The molecule has 7 heteroatoms. The molecule has 0 spiro atoms. The number of Topliss-reactive ketones (excluding diaryl/α,β-unsaturated/α-hetero) is 1. The zero-order chi connectivity index (χ0) is 17.0. The van der Waals surface area contributed by atoms with E-state index in [1.807, 2.05) is 31.0 Å². The van der Waals surface area contributed by atoms with Gasteiger partial charge in [0, 0.05) is 17.8 Å². The third-order valence-corrected chi connectivity index (χ3v) is 3.24. The summed E-state index contributed by atoms with van der Waals surface area (Å²) in [5, 5.41) is 0. The Hall–Kier alpha value is -2.96. The second-order valence-corrected chi connectivity index (χ2v) is 5.14. The van der Waals surface area contributed by atoms with Crippen LogP contribution in [0.15, 0.2) is 40.1 Å². The minimum Gasteiger partial charge on any atom is -0.456 e. The Kier molecular flexibility index (Phi) is 4.90. The van der Waals surface area contributed by atoms with Crippen molar-refractivity contribution in [3.05, 3.63) is 68.0 Å². The molecule has 0 aliphatic rings. The van der Waals surface area contributed by atoms with Gasteiger partial charge in [0.1, 0.15) is 6.54 Å². The van der Waals surface area contributed by atoms with Crippen LogP contribution in [0.1, 0.15) is 21.5 Å². The zero-order valence-corrected chi connectivity index (χ0v) is 12.8. The van der Waals surface area contributed by atoms with Crippen LogP contribution in [-0.2, 0) is 16.1 Å². The summed E-state index contributed by atoms with van der Waals surface area (Å²) in [6, 6.07) is 6.49. The van der Waals surface area contributed by atoms with Gasteiger partial charge in [-0.15, -0.1) is 0 Å². The number of aromatic amines is 1. The fourth-order valence-corrected chi connectivity index (χ4v) is 2.10. The first-order chi connectivity index (χ1) is 10.9. The van der Waals surface area contributed by atoms with E-state index in [0.717, 1.165) is 21.8 Å². The number of hydrogen-bond donors (Lipinski definition) is 1. The largest absolute Gasteiger partial charge is 0.456 e. The molecule has 0 aliphatic heterocycles. The highest BCUT2D eigenvalue weighted by Gasteiger charge is 2.13. The lowest BCUT2D eigenvalue weighted by atomic mass is 10.0. The summed E-state index contributed by atoms with van der Waals surface area (Å²) < 4.78 is 5.88. The highest BCUT2D eigenvalue weighted by atomic mass is 16.5. The second-order valence-electron chi connectivity index (χ2n) is 5.14. The molecule has 2 rings (SSSR count). The van der Waals surface area contributed by atoms with Crippen molar-refractivity contribution in [3.8, 4) is 0 Å². The number of rotatable bonds is 5. The van der Waals surface area contributed by atoms with E-state index in [0.29, 0.717) is 5.56 Å². The summed E-state index contributed by atoms with van der Waals surface area (Å²) in [7, 11) is 0. The molecular weight excluding hydrogens is 300 g/mol. The van der Waals surface area contributed by atoms with Crippen LogP contribution in [0.5, 0.6) is 0 Å². The van der Waals surface area contributed by atoms with E-state index in [1.165, 1.54) is 6.20 Å². The lowest BCUT2D eigenvalue weighted by Crippen LogP contribution is -2.31. The molecule has 23 heavy (non-hydrogen) atoms. The van der Waals surface area contributed by atoms with E-state index in [9.17, 15) is 19.2 Å². The average molecular weight is 316 g/mol. The molecule has 0 saturated carbocycles. The van der Waals surface area contributed by atoms with Gasteiger partial charge in [0.05, 0.1) is 0 Å². The van der Waals surface area contributed by atoms with Crippen LogP contribution >= 0.6 is 0 Å². The highest BCUT2D eigenvalue weighted by Crippen LogP contribution is 2.11. The monoisotopic (exact) mass is 316 g/mol. The molecule has 0 aliphatic carbocycles. The molecule has 7 nitrogen and oxygen atoms in total. The summed E-state index contributed by atoms with van der Waals surface area (Å²) in [5.74, 6) is -1.05. The van der Waals surface area contributed by atoms with E-state index in [1.54, 1.807) is 6.07 Å². The number of esters is 1. The lowest BCUT2D eigenvalue weighted by Gasteiger charge is -2.08. The standard InChI is InChI=1S/C16H16N2O5/c1-10-3-4-12(11(2)7-10)13(19)9-23-15(21)8-18-6-5-14(20)17-16(18)22/h3-7H,8-9H2,1-2H3,(H,17,20,22). The number of ether oxygens (including phenoxy) is 1. The number of nitrogens with one attached hydrogen (secondary N) is 1. The summed E-state index contributed by atoms with van der Waals surface area (Å²) >= 11 is 0. The van der Waals surface area contributed by atoms with Crippen LogP contribution in [0.25, 0.3) is 0 Å². The third kappa shape index (κ3) is 4.26. The molecule has 0 fully saturated rings. The molecule has 0 radical (unpaired) electrons. The first-order valence-electron chi connectivity index (χ1n) is 6.92. The molecule has 120 valence electrons. The normalized spacial score (nSPS) is 10.3. The van der Waals surface area contributed by atoms with Gasteiger partial charge in [0.15, 0.2) is 6.61 Å². The first kappa shape index (κ1) is 16.4. The highest BCUT2D eigenvalue weighted by molar-refractivity contribution is 5.99. The van der Waals surface area contributed by atoms with Crippen molar-refractivity contribution >= 4 is 11.8 Å². The maximum atomic E-state index is 12.1. The van der Waals surface area contributed by atoms with Gasteiger partial charge in [-0.2, -0.15) is 0 Å². The second kappa shape index (κ2) is 6.87. The molecule has 1 N–H and O–H groups in total. The summed E-state index contributed by atoms with van der Waals surface area (Å²) in [6.07, 6.45) is 1.19. The van der Waals surface area contributed by atoms with Crippen molar-refractivity contribution in [1.29, 1.82) is 0 Å². The SMILES string of the molecule is Cc1ccc(C(=O)COC(=O)Cn2ccc(=O)[nH]c2=O)c(C)c1. The molecule has 0 bridgehead atoms. The molecular formula is C16H16N2O5. The molecule has 1 aromatic heterocycles. The minimum atomic E-state index is -0.739. The van der Waals surface area contributed by atoms with Crippen molar-refractivity contribution in [2.45, 2.75) is 20.4 Å². The van der Waals surface area contributed by atoms with Crippen LogP contribution in [0.4, 0.5) is 0 Å². The number of H-pyrrole nitrogens is 1. The van der Waals surface area contributed by atoms with Gasteiger partial charge in [-0.05, 0) is 19.4 Å². The van der Waals surface area contributed by atoms with Crippen molar-refractivity contribution < 1.29 is 14.3 Å². The predicted octanol–water partition coefficient (Wildman–Crippen LogP) is 0.580. The number of hydrogen-bond acceptors (Lipinski definition) is 5. The Morgan fingerprint density at radius 3 is 2.57 bits per heavy atom. The topological polar surface area (TPSA) is 98.2 Å². The van der Waals surface area contributed by atoms with Gasteiger partial charge in [-0.3, -0.25) is 23.9 Å². The van der Waals surface area contributed by atoms with Gasteiger partial charge in [0.25, 0.3) is 5.56 Å². The number of ketones is 1. The van der Waals surface area contributed by atoms with E-state index in [-0.39, 0.29) is 12.3 Å². The van der Waals surface area contributed by atoms with Crippen LogP contribution in [-0.4, -0.2) is 27.9 Å². The van der Waals surface area contributed by atoms with Crippen molar-refractivity contribution in [1.82, 2.24) is 9.55 Å². The smallest absolute Gasteiger partial charge is 0.328 e. The fraction of sp³-hybridized carbons (Fsp3) is 0.250. The zero-order valence-electron chi connectivity index (χ0n) is 12.8. The van der Waals surface area contributed by atoms with Crippen LogP contribution in [0, 0.1) is 13.8 Å². The Bertz CT molecular complexity index is 863. The Balaban J connectivity index is 1.97. The quantitative estimate of drug-likeness (QED) is 0.642. The maximum absolute atomic E-state index is 12.1. The number of nitrogens with zero attached hydrogens (tertiary/aromatic N) is 1. The number of carbonyl (C=O) groups excluding carboxylic acids is 2. The Morgan fingerprint density at radius 1 is 1.17 bits per heavy atom. The van der Waals surface area contributed by atoms with Crippen molar-refractivity contribution in [2.24, 2.45) is 0 Å². The minimum absolute atomic E-state index is 0.315. The van der Waals surface area contributed by atoms with Crippen LogP contribution in [0.3, 0.4) is 0 Å². The van der Waals surface area contributed by atoms with Crippen LogP contribution in [0.2, 0.25) is 0 Å². The van der Waals surface area contributed by atoms with Crippen molar-refractivity contribution in [3.63, 3.8) is 0 Å². The first-order valence-corrected chi connectivity index (χ1v) is 6.92. The van der Waals surface area contributed by atoms with Gasteiger partial charge >= 0.3 is 11.7 Å². The number of carbonyl (C=O) groups is 2. The van der Waals surface area contributed by atoms with E-state index < -0.39 is 23.8 Å². The van der Waals surface area contributed by atoms with Gasteiger partial charge < -0.3 is 4.74 Å². The maximum Gasteiger partial charge on any atom is 0.328 e. The molecule has 0 unspecified atom stereocenters. The summed E-state index contributed by atoms with van der Waals surface area (Å²) in [5.41, 5.74) is 1.07. The average Bonchev–Trinajstić information content (AvgIpc) is 2.48. The fourth-order valence-electron chi connectivity index (χ4n) is 2.10. The molecule has 1 heterocycles. The van der Waals surface area contributed by atoms with Gasteiger partial charge in [0.2, 0.25) is 5.78 Å². The Morgan fingerprint density at radius 2 is 1.91 bits per heavy atom. The van der Waals surface area contributed by atoms with E-state index >= 15 is 0 Å². The van der Waals surface area contributed by atoms with Gasteiger partial charge in [-0.25, -0.2) is 4.79 Å². The number of benzene rings is 1. The number of aromatic nitrogens is 2. The van der Waals surface area contributed by atoms with E-state index in [2.05, 4.69) is 0 Å². The molecule has 2 aromatic rings. The van der Waals surface area contributed by atoms with E-state index in [4.69, 9.17) is 4.74 Å². The third-order valence-electron chi connectivity index (χ3n) is 3.24. The predicted molar refractivity (Wildman–Crippen MR) is 82.5 cm³/mol. The van der Waals surface area contributed by atoms with Gasteiger partial charge in [-0.1, -0.05) is 23.8 Å². The van der Waals surface area contributed by atoms with Crippen molar-refractivity contribution in [2.75, 3.05) is 6.61 Å². The summed E-state index contributed by atoms with van der Waals surface area (Å²) in [6.45, 7) is 2.95. The Labute approximate surface area is 131 Å². The number of aryl methyl sites for hydroxylation is 2.